The van der Waals surface area contributed by atoms with Crippen molar-refractivity contribution in [2.45, 2.75) is 6.17 Å². The van der Waals surface area contributed by atoms with Gasteiger partial charge in [0, 0.05) is 14.1 Å². The maximum absolute atomic E-state index is 12.4. The van der Waals surface area contributed by atoms with E-state index in [4.69, 9.17) is 10.5 Å². The molecule has 0 fully saturated rings. The fourth-order valence-corrected chi connectivity index (χ4v) is 2.72. The topological polar surface area (TPSA) is 92.3 Å². The number of benzene rings is 2. The predicted octanol–water partition coefficient (Wildman–Crippen LogP) is 2.43. The Bertz CT molecular complexity index is 946. The van der Waals surface area contributed by atoms with E-state index in [1.54, 1.807) is 25.3 Å². The van der Waals surface area contributed by atoms with Gasteiger partial charge in [-0.15, -0.1) is 0 Å². The number of rotatable bonds is 5. The molecule has 1 aliphatic rings. The van der Waals surface area contributed by atoms with Gasteiger partial charge >= 0.3 is 0 Å². The molecule has 2 aromatic rings. The van der Waals surface area contributed by atoms with Crippen molar-refractivity contribution >= 4 is 23.8 Å². The summed E-state index contributed by atoms with van der Waals surface area (Å²) in [6, 6.07) is 14.8. The van der Waals surface area contributed by atoms with E-state index in [-0.39, 0.29) is 5.78 Å². The highest BCUT2D eigenvalue weighted by atomic mass is 16.5. The van der Waals surface area contributed by atoms with E-state index in [0.717, 1.165) is 11.1 Å². The zero-order valence-electron chi connectivity index (χ0n) is 16.1. The molecular formula is C21H23N5O2. The number of guanidine groups is 2. The van der Waals surface area contributed by atoms with E-state index >= 15 is 0 Å². The lowest BCUT2D eigenvalue weighted by atomic mass is 10.1. The standard InChI is InChI=1S/C21H23N5O2/c1-26(2)21-24-19(23-20(22)25-21)15-11-8-14(9-12-15)10-13-17(27)16-6-4-5-7-18(16)28-3/h4-13,19H,1-3H3,(H3,22,23,24,25)/b13-10+. The summed E-state index contributed by atoms with van der Waals surface area (Å²) in [6.07, 6.45) is 2.91. The number of allylic oxidation sites excluding steroid dienone is 1. The van der Waals surface area contributed by atoms with Crippen molar-refractivity contribution in [2.75, 3.05) is 21.2 Å². The smallest absolute Gasteiger partial charge is 0.202 e. The Morgan fingerprint density at radius 1 is 1.14 bits per heavy atom. The molecule has 2 aromatic carbocycles. The Hall–Kier alpha value is -3.61. The molecule has 0 bridgehead atoms. The third-order valence-electron chi connectivity index (χ3n) is 4.20. The number of nitrogens with one attached hydrogen (secondary N) is 1. The van der Waals surface area contributed by atoms with Crippen LogP contribution in [0.2, 0.25) is 0 Å². The van der Waals surface area contributed by atoms with Crippen LogP contribution in [0.25, 0.3) is 6.08 Å². The fraction of sp³-hybridized carbons (Fsp3) is 0.190. The molecule has 3 rings (SSSR count). The van der Waals surface area contributed by atoms with E-state index in [0.29, 0.717) is 23.2 Å². The first kappa shape index (κ1) is 19.2. The molecule has 1 aliphatic heterocycles. The second-order valence-corrected chi connectivity index (χ2v) is 6.42. The number of hydrogen-bond donors (Lipinski definition) is 2. The van der Waals surface area contributed by atoms with Crippen LogP contribution in [0.1, 0.15) is 27.7 Å². The summed E-state index contributed by atoms with van der Waals surface area (Å²) < 4.78 is 5.24. The van der Waals surface area contributed by atoms with Crippen LogP contribution in [0.3, 0.4) is 0 Å². The van der Waals surface area contributed by atoms with E-state index in [9.17, 15) is 4.79 Å². The van der Waals surface area contributed by atoms with Gasteiger partial charge in [0.15, 0.2) is 17.9 Å². The minimum absolute atomic E-state index is 0.113. The summed E-state index contributed by atoms with van der Waals surface area (Å²) in [7, 11) is 5.32. The number of carbonyl (C=O) groups is 1. The van der Waals surface area contributed by atoms with Crippen molar-refractivity contribution in [1.29, 1.82) is 0 Å². The minimum atomic E-state index is -0.396. The molecular weight excluding hydrogens is 354 g/mol. The number of hydrogen-bond acceptors (Lipinski definition) is 7. The lowest BCUT2D eigenvalue weighted by Gasteiger charge is -2.23. The van der Waals surface area contributed by atoms with E-state index in [1.807, 2.05) is 55.4 Å². The van der Waals surface area contributed by atoms with Crippen molar-refractivity contribution < 1.29 is 9.53 Å². The number of nitrogens with two attached hydrogens (primary N) is 1. The molecule has 144 valence electrons. The largest absolute Gasteiger partial charge is 0.496 e. The van der Waals surface area contributed by atoms with Crippen LogP contribution in [0.15, 0.2) is 64.6 Å². The molecule has 0 amide bonds. The highest BCUT2D eigenvalue weighted by Crippen LogP contribution is 2.22. The average molecular weight is 377 g/mol. The Balaban J connectivity index is 1.75. The number of ether oxygens (including phenoxy) is 1. The van der Waals surface area contributed by atoms with E-state index in [2.05, 4.69) is 15.3 Å². The third kappa shape index (κ3) is 4.37. The van der Waals surface area contributed by atoms with Crippen molar-refractivity contribution in [3.63, 3.8) is 0 Å². The second-order valence-electron chi connectivity index (χ2n) is 6.42. The number of aliphatic imine (C=N–C) groups is 2. The van der Waals surface area contributed by atoms with Crippen LogP contribution in [0.4, 0.5) is 0 Å². The maximum atomic E-state index is 12.4. The second kappa shape index (κ2) is 8.39. The molecule has 0 spiro atoms. The molecule has 7 nitrogen and oxygen atoms in total. The van der Waals surface area contributed by atoms with Crippen LogP contribution in [0, 0.1) is 0 Å². The monoisotopic (exact) mass is 377 g/mol. The van der Waals surface area contributed by atoms with Crippen LogP contribution in [-0.4, -0.2) is 43.8 Å². The van der Waals surface area contributed by atoms with Crippen molar-refractivity contribution in [2.24, 2.45) is 15.7 Å². The molecule has 28 heavy (non-hydrogen) atoms. The van der Waals surface area contributed by atoms with Crippen LogP contribution < -0.4 is 15.8 Å². The molecule has 1 unspecified atom stereocenters. The van der Waals surface area contributed by atoms with Gasteiger partial charge in [-0.25, -0.2) is 9.98 Å². The number of ketones is 1. The summed E-state index contributed by atoms with van der Waals surface area (Å²) in [5, 5.41) is 2.93. The number of para-hydroxylation sites is 1. The number of methoxy groups -OCH3 is 1. The van der Waals surface area contributed by atoms with Crippen molar-refractivity contribution in [3.05, 3.63) is 71.3 Å². The molecule has 7 heteroatoms. The first-order valence-corrected chi connectivity index (χ1v) is 8.78. The summed E-state index contributed by atoms with van der Waals surface area (Å²) in [6.45, 7) is 0. The van der Waals surface area contributed by atoms with Crippen molar-refractivity contribution in [3.8, 4) is 5.75 Å². The lowest BCUT2D eigenvalue weighted by Crippen LogP contribution is -2.46. The SMILES string of the molecule is COc1ccccc1C(=O)/C=C/c1ccc(C2N=C(N)NC(N(C)C)=N2)cc1. The normalized spacial score (nSPS) is 16.2. The summed E-state index contributed by atoms with van der Waals surface area (Å²) in [5.74, 6) is 1.43. The Kier molecular flexibility index (Phi) is 5.74. The van der Waals surface area contributed by atoms with Crippen LogP contribution >= 0.6 is 0 Å². The zero-order chi connectivity index (χ0) is 20.1. The van der Waals surface area contributed by atoms with Gasteiger partial charge in [-0.1, -0.05) is 42.5 Å². The quantitative estimate of drug-likeness (QED) is 0.617. The molecule has 1 heterocycles. The van der Waals surface area contributed by atoms with Gasteiger partial charge in [0.25, 0.3) is 0 Å². The molecule has 0 aromatic heterocycles. The molecule has 0 saturated carbocycles. The van der Waals surface area contributed by atoms with Gasteiger partial charge < -0.3 is 15.4 Å². The van der Waals surface area contributed by atoms with E-state index in [1.165, 1.54) is 6.08 Å². The first-order chi connectivity index (χ1) is 13.5. The van der Waals surface area contributed by atoms with Gasteiger partial charge in [0.1, 0.15) is 5.75 Å². The molecule has 0 saturated heterocycles. The Morgan fingerprint density at radius 2 is 1.86 bits per heavy atom. The van der Waals surface area contributed by atoms with Gasteiger partial charge in [0.2, 0.25) is 5.96 Å². The van der Waals surface area contributed by atoms with Crippen molar-refractivity contribution in [1.82, 2.24) is 10.2 Å². The average Bonchev–Trinajstić information content (AvgIpc) is 2.71. The summed E-state index contributed by atoms with van der Waals surface area (Å²) in [4.78, 5) is 23.1. The molecule has 0 aliphatic carbocycles. The Morgan fingerprint density at radius 3 is 2.54 bits per heavy atom. The zero-order valence-corrected chi connectivity index (χ0v) is 16.1. The minimum Gasteiger partial charge on any atom is -0.496 e. The maximum Gasteiger partial charge on any atom is 0.202 e. The van der Waals surface area contributed by atoms with Gasteiger partial charge in [-0.3, -0.25) is 10.1 Å². The van der Waals surface area contributed by atoms with Gasteiger partial charge in [-0.2, -0.15) is 0 Å². The highest BCUT2D eigenvalue weighted by molar-refractivity contribution is 6.08. The van der Waals surface area contributed by atoms with Crippen LogP contribution in [0.5, 0.6) is 5.75 Å². The first-order valence-electron chi connectivity index (χ1n) is 8.78. The summed E-state index contributed by atoms with van der Waals surface area (Å²) >= 11 is 0. The van der Waals surface area contributed by atoms with Gasteiger partial charge in [-0.05, 0) is 29.3 Å². The van der Waals surface area contributed by atoms with Gasteiger partial charge in [0.05, 0.1) is 12.7 Å². The molecule has 1 atom stereocenters. The molecule has 3 N–H and O–H groups in total. The molecule has 0 radical (unpaired) electrons. The summed E-state index contributed by atoms with van der Waals surface area (Å²) in [5.41, 5.74) is 8.20. The number of carbonyl (C=O) groups excluding carboxylic acids is 1. The Labute approximate surface area is 164 Å². The lowest BCUT2D eigenvalue weighted by molar-refractivity contribution is 0.104. The third-order valence-corrected chi connectivity index (χ3v) is 4.20. The number of nitrogens with zero attached hydrogens (tertiary/aromatic N) is 3. The predicted molar refractivity (Wildman–Crippen MR) is 111 cm³/mol. The van der Waals surface area contributed by atoms with Crippen LogP contribution in [-0.2, 0) is 0 Å². The highest BCUT2D eigenvalue weighted by Gasteiger charge is 2.17. The van der Waals surface area contributed by atoms with E-state index < -0.39 is 6.17 Å². The fourth-order valence-electron chi connectivity index (χ4n) is 2.72.